The van der Waals surface area contributed by atoms with Gasteiger partial charge in [-0.1, -0.05) is 17.3 Å². The van der Waals surface area contributed by atoms with E-state index in [2.05, 4.69) is 10.1 Å². The summed E-state index contributed by atoms with van der Waals surface area (Å²) in [4.78, 5) is 4.32. The summed E-state index contributed by atoms with van der Waals surface area (Å²) in [6.45, 7) is 4.75. The van der Waals surface area contributed by atoms with E-state index >= 15 is 0 Å². The third-order valence-electron chi connectivity index (χ3n) is 2.63. The van der Waals surface area contributed by atoms with Crippen LogP contribution in [0.3, 0.4) is 0 Å². The largest absolute Gasteiger partial charge is 0.496 e. The summed E-state index contributed by atoms with van der Waals surface area (Å²) >= 11 is 0. The Morgan fingerprint density at radius 2 is 1.85 bits per heavy atom. The van der Waals surface area contributed by atoms with E-state index in [4.69, 9.17) is 18.7 Å². The fraction of sp³-hybridized carbons (Fsp3) is 0.429. The Kier molecular flexibility index (Phi) is 5.09. The first-order valence-corrected chi connectivity index (χ1v) is 6.50. The summed E-state index contributed by atoms with van der Waals surface area (Å²) in [6.07, 6.45) is -0.638. The van der Waals surface area contributed by atoms with E-state index < -0.39 is 6.29 Å². The van der Waals surface area contributed by atoms with Crippen LogP contribution in [-0.2, 0) is 9.47 Å². The maximum Gasteiger partial charge on any atom is 0.283 e. The van der Waals surface area contributed by atoms with Gasteiger partial charge >= 0.3 is 0 Å². The van der Waals surface area contributed by atoms with Gasteiger partial charge in [0.2, 0.25) is 12.1 Å². The van der Waals surface area contributed by atoms with Gasteiger partial charge in [0.05, 0.1) is 12.7 Å². The lowest BCUT2D eigenvalue weighted by Crippen LogP contribution is -2.09. The van der Waals surface area contributed by atoms with Crippen LogP contribution in [0.5, 0.6) is 5.75 Å². The summed E-state index contributed by atoms with van der Waals surface area (Å²) in [5.41, 5.74) is 0.761. The Hall–Kier alpha value is -1.92. The number of rotatable bonds is 7. The highest BCUT2D eigenvalue weighted by molar-refractivity contribution is 5.63. The molecular formula is C14H18N2O4. The van der Waals surface area contributed by atoms with E-state index in [0.29, 0.717) is 30.7 Å². The highest BCUT2D eigenvalue weighted by Crippen LogP contribution is 2.28. The molecule has 0 radical (unpaired) electrons. The zero-order valence-corrected chi connectivity index (χ0v) is 11.8. The summed E-state index contributed by atoms with van der Waals surface area (Å²) in [5.74, 6) is 1.43. The molecule has 0 aliphatic heterocycles. The van der Waals surface area contributed by atoms with Gasteiger partial charge in [0.15, 0.2) is 0 Å². The Bertz CT molecular complexity index is 535. The maximum absolute atomic E-state index is 5.42. The zero-order valence-electron chi connectivity index (χ0n) is 11.8. The zero-order chi connectivity index (χ0) is 14.4. The molecule has 20 heavy (non-hydrogen) atoms. The first-order valence-electron chi connectivity index (χ1n) is 6.50. The Morgan fingerprint density at radius 1 is 1.15 bits per heavy atom. The predicted molar refractivity (Wildman–Crippen MR) is 72.3 cm³/mol. The standard InChI is InChI=1S/C14H18N2O4/c1-4-18-14(19-5-2)13-15-12(16-20-13)10-8-6-7-9-11(10)17-3/h6-9,14H,4-5H2,1-3H3. The van der Waals surface area contributed by atoms with Crippen LogP contribution in [0.15, 0.2) is 28.8 Å². The van der Waals surface area contributed by atoms with Crippen LogP contribution in [0.2, 0.25) is 0 Å². The molecule has 0 unspecified atom stereocenters. The molecule has 0 amide bonds. The lowest BCUT2D eigenvalue weighted by Gasteiger charge is -2.11. The molecule has 6 nitrogen and oxygen atoms in total. The molecule has 2 aromatic rings. The second-order valence-electron chi connectivity index (χ2n) is 3.90. The van der Waals surface area contributed by atoms with Crippen molar-refractivity contribution in [3.8, 4) is 17.1 Å². The van der Waals surface area contributed by atoms with Gasteiger partial charge in [-0.2, -0.15) is 4.98 Å². The summed E-state index contributed by atoms with van der Waals surface area (Å²) in [6, 6.07) is 7.47. The van der Waals surface area contributed by atoms with E-state index in [9.17, 15) is 0 Å². The number of benzene rings is 1. The normalized spacial score (nSPS) is 11.0. The van der Waals surface area contributed by atoms with Gasteiger partial charge in [-0.25, -0.2) is 0 Å². The van der Waals surface area contributed by atoms with Crippen molar-refractivity contribution in [2.24, 2.45) is 0 Å². The van der Waals surface area contributed by atoms with Crippen molar-refractivity contribution < 1.29 is 18.7 Å². The van der Waals surface area contributed by atoms with Gasteiger partial charge in [0.1, 0.15) is 5.75 Å². The van der Waals surface area contributed by atoms with Crippen molar-refractivity contribution in [1.29, 1.82) is 0 Å². The molecule has 1 aromatic heterocycles. The molecule has 1 aromatic carbocycles. The van der Waals surface area contributed by atoms with Gasteiger partial charge in [-0.3, -0.25) is 0 Å². The Balaban J connectivity index is 2.27. The van der Waals surface area contributed by atoms with Crippen LogP contribution in [0, 0.1) is 0 Å². The van der Waals surface area contributed by atoms with Crippen molar-refractivity contribution in [2.75, 3.05) is 20.3 Å². The number of para-hydroxylation sites is 1. The topological polar surface area (TPSA) is 66.6 Å². The second kappa shape index (κ2) is 7.02. The van der Waals surface area contributed by atoms with Crippen LogP contribution in [-0.4, -0.2) is 30.5 Å². The number of methoxy groups -OCH3 is 1. The molecule has 1 heterocycles. The monoisotopic (exact) mass is 278 g/mol. The van der Waals surface area contributed by atoms with E-state index in [1.165, 1.54) is 0 Å². The molecule has 0 saturated heterocycles. The summed E-state index contributed by atoms with van der Waals surface area (Å²) < 4.78 is 21.3. The lowest BCUT2D eigenvalue weighted by molar-refractivity contribution is -0.155. The summed E-state index contributed by atoms with van der Waals surface area (Å²) in [7, 11) is 1.60. The molecule has 6 heteroatoms. The van der Waals surface area contributed by atoms with Crippen molar-refractivity contribution in [3.63, 3.8) is 0 Å². The lowest BCUT2D eigenvalue weighted by atomic mass is 10.2. The van der Waals surface area contributed by atoms with Gasteiger partial charge in [-0.05, 0) is 26.0 Å². The minimum Gasteiger partial charge on any atom is -0.496 e. The number of ether oxygens (including phenoxy) is 3. The molecule has 0 fully saturated rings. The average Bonchev–Trinajstić information content (AvgIpc) is 2.96. The van der Waals surface area contributed by atoms with E-state index in [1.54, 1.807) is 7.11 Å². The molecular weight excluding hydrogens is 260 g/mol. The Morgan fingerprint density at radius 3 is 2.50 bits per heavy atom. The number of nitrogens with zero attached hydrogens (tertiary/aromatic N) is 2. The molecule has 0 aliphatic carbocycles. The van der Waals surface area contributed by atoms with Crippen LogP contribution < -0.4 is 4.74 Å². The van der Waals surface area contributed by atoms with Gasteiger partial charge in [0.25, 0.3) is 5.89 Å². The predicted octanol–water partition coefficient (Wildman–Crippen LogP) is 2.82. The SMILES string of the molecule is CCOC(OCC)c1nc(-c2ccccc2OC)no1. The van der Waals surface area contributed by atoms with Crippen LogP contribution in [0.1, 0.15) is 26.0 Å². The van der Waals surface area contributed by atoms with Gasteiger partial charge in [0, 0.05) is 13.2 Å². The van der Waals surface area contributed by atoms with Gasteiger partial charge < -0.3 is 18.7 Å². The first kappa shape index (κ1) is 14.5. The van der Waals surface area contributed by atoms with Gasteiger partial charge in [-0.15, -0.1) is 0 Å². The fourth-order valence-electron chi connectivity index (χ4n) is 1.76. The molecule has 2 rings (SSSR count). The fourth-order valence-corrected chi connectivity index (χ4v) is 1.76. The molecule has 0 spiro atoms. The molecule has 108 valence electrons. The minimum atomic E-state index is -0.638. The minimum absolute atomic E-state index is 0.301. The molecule has 0 aliphatic rings. The number of hydrogen-bond acceptors (Lipinski definition) is 6. The molecule has 0 bridgehead atoms. The molecule has 0 atom stereocenters. The number of hydrogen-bond donors (Lipinski definition) is 0. The third-order valence-corrected chi connectivity index (χ3v) is 2.63. The smallest absolute Gasteiger partial charge is 0.283 e. The van der Waals surface area contributed by atoms with Crippen molar-refractivity contribution in [1.82, 2.24) is 10.1 Å². The van der Waals surface area contributed by atoms with E-state index in [-0.39, 0.29) is 0 Å². The Labute approximate surface area is 117 Å². The van der Waals surface area contributed by atoms with Crippen molar-refractivity contribution in [3.05, 3.63) is 30.2 Å². The van der Waals surface area contributed by atoms with E-state index in [0.717, 1.165) is 5.56 Å². The van der Waals surface area contributed by atoms with Crippen LogP contribution in [0.4, 0.5) is 0 Å². The first-order chi connectivity index (χ1) is 9.80. The average molecular weight is 278 g/mol. The highest BCUT2D eigenvalue weighted by atomic mass is 16.7. The van der Waals surface area contributed by atoms with Crippen LogP contribution in [0.25, 0.3) is 11.4 Å². The van der Waals surface area contributed by atoms with Crippen molar-refractivity contribution in [2.45, 2.75) is 20.1 Å². The quantitative estimate of drug-likeness (QED) is 0.725. The molecule has 0 saturated carbocycles. The van der Waals surface area contributed by atoms with Crippen LogP contribution >= 0.6 is 0 Å². The second-order valence-corrected chi connectivity index (χ2v) is 3.90. The van der Waals surface area contributed by atoms with E-state index in [1.807, 2.05) is 38.1 Å². The maximum atomic E-state index is 5.42. The molecule has 0 N–H and O–H groups in total. The number of aromatic nitrogens is 2. The summed E-state index contributed by atoms with van der Waals surface area (Å²) in [5, 5.41) is 3.95. The third kappa shape index (κ3) is 3.15. The van der Waals surface area contributed by atoms with Crippen molar-refractivity contribution >= 4 is 0 Å². The highest BCUT2D eigenvalue weighted by Gasteiger charge is 2.21.